The Hall–Kier alpha value is -1.48. The van der Waals surface area contributed by atoms with Crippen LogP contribution in [0.5, 0.6) is 5.75 Å². The summed E-state index contributed by atoms with van der Waals surface area (Å²) >= 11 is 0. The zero-order valence-electron chi connectivity index (χ0n) is 10.3. The molecule has 1 atom stereocenters. The minimum absolute atomic E-state index is 0.204. The highest BCUT2D eigenvalue weighted by Gasteiger charge is 2.74. The van der Waals surface area contributed by atoms with Crippen molar-refractivity contribution < 1.29 is 35.9 Å². The van der Waals surface area contributed by atoms with E-state index in [1.54, 1.807) is 0 Å². The molecule has 1 aliphatic heterocycles. The molecule has 1 aromatic rings. The highest BCUT2D eigenvalue weighted by atomic mass is 19.3. The summed E-state index contributed by atoms with van der Waals surface area (Å²) in [5.74, 6) is -8.99. The lowest BCUT2D eigenvalue weighted by molar-refractivity contribution is -0.450. The Morgan fingerprint density at radius 3 is 2.10 bits per heavy atom. The lowest BCUT2D eigenvalue weighted by atomic mass is 9.93. The number of rotatable bonds is 2. The van der Waals surface area contributed by atoms with Gasteiger partial charge in [-0.3, -0.25) is 0 Å². The Balaban J connectivity index is 2.79. The quantitative estimate of drug-likeness (QED) is 0.475. The van der Waals surface area contributed by atoms with Gasteiger partial charge < -0.3 is 9.47 Å². The lowest BCUT2D eigenvalue weighted by Gasteiger charge is -2.43. The molecule has 0 fully saturated rings. The van der Waals surface area contributed by atoms with Crippen molar-refractivity contribution in [2.75, 3.05) is 14.2 Å². The fraction of sp³-hybridized carbons (Fsp3) is 0.455. The molecule has 0 saturated carbocycles. The van der Waals surface area contributed by atoms with Crippen LogP contribution in [0, 0.1) is 0 Å². The topological polar surface area (TPSA) is 21.7 Å². The molecule has 0 spiro atoms. The molecule has 20 heavy (non-hydrogen) atoms. The third kappa shape index (κ3) is 1.62. The van der Waals surface area contributed by atoms with Crippen molar-refractivity contribution >= 4 is 0 Å². The van der Waals surface area contributed by atoms with Gasteiger partial charge in [0.25, 0.3) is 0 Å². The summed E-state index contributed by atoms with van der Waals surface area (Å²) in [6.45, 7) is 0. The molecule has 0 radical (unpaired) electrons. The molecular formula is C11H9F6NO2. The molecule has 0 aliphatic carbocycles. The van der Waals surface area contributed by atoms with Crippen LogP contribution >= 0.6 is 0 Å². The number of methoxy groups -OCH3 is 2. The molecule has 112 valence electrons. The normalized spacial score (nSPS) is 28.0. The Bertz CT molecular complexity index is 538. The molecule has 0 aromatic heterocycles. The van der Waals surface area contributed by atoms with E-state index in [0.29, 0.717) is 19.2 Å². The van der Waals surface area contributed by atoms with Gasteiger partial charge in [0, 0.05) is 18.2 Å². The number of hydrogen-bond donors (Lipinski definition) is 0. The summed E-state index contributed by atoms with van der Waals surface area (Å²) in [4.78, 5) is 0. The first kappa shape index (κ1) is 14.9. The second-order valence-electron chi connectivity index (χ2n) is 4.07. The predicted molar refractivity (Wildman–Crippen MR) is 54.6 cm³/mol. The van der Waals surface area contributed by atoms with Gasteiger partial charge in [0.15, 0.2) is 0 Å². The lowest BCUT2D eigenvalue weighted by Crippen LogP contribution is -2.61. The molecular weight excluding hydrogens is 292 g/mol. The van der Waals surface area contributed by atoms with Gasteiger partial charge in [0.05, 0.1) is 7.11 Å². The summed E-state index contributed by atoms with van der Waals surface area (Å²) in [6.07, 6.45) is 0. The molecule has 9 heteroatoms. The van der Waals surface area contributed by atoms with Crippen LogP contribution in [0.3, 0.4) is 0 Å². The van der Waals surface area contributed by atoms with Crippen molar-refractivity contribution in [3.05, 3.63) is 29.3 Å². The third-order valence-electron chi connectivity index (χ3n) is 3.04. The van der Waals surface area contributed by atoms with Gasteiger partial charge >= 0.3 is 17.9 Å². The highest BCUT2D eigenvalue weighted by molar-refractivity contribution is 5.43. The van der Waals surface area contributed by atoms with Crippen LogP contribution in [-0.4, -0.2) is 25.4 Å². The maximum Gasteiger partial charge on any atom is 0.402 e. The molecule has 1 aliphatic rings. The SMILES string of the molecule is COc1ccc2c(c1)C(F)(F)C(F)(F)N(F)C2(F)OC. The van der Waals surface area contributed by atoms with Crippen LogP contribution in [0.15, 0.2) is 18.2 Å². The predicted octanol–water partition coefficient (Wildman–Crippen LogP) is 3.31. The van der Waals surface area contributed by atoms with E-state index in [4.69, 9.17) is 0 Å². The van der Waals surface area contributed by atoms with E-state index in [-0.39, 0.29) is 5.75 Å². The number of nitrogens with zero attached hydrogens (tertiary/aromatic N) is 1. The van der Waals surface area contributed by atoms with E-state index in [2.05, 4.69) is 9.47 Å². The Morgan fingerprint density at radius 2 is 1.60 bits per heavy atom. The van der Waals surface area contributed by atoms with E-state index in [1.165, 1.54) is 0 Å². The first-order chi connectivity index (χ1) is 9.12. The zero-order chi connectivity index (χ0) is 15.3. The van der Waals surface area contributed by atoms with Crippen LogP contribution in [0.1, 0.15) is 11.1 Å². The molecule has 1 aromatic carbocycles. The Kier molecular flexibility index (Phi) is 3.17. The number of ether oxygens (including phenoxy) is 2. The van der Waals surface area contributed by atoms with Crippen molar-refractivity contribution in [2.45, 2.75) is 17.9 Å². The molecule has 1 heterocycles. The molecule has 0 amide bonds. The standard InChI is InChI=1S/C11H9F6NO2/c1-19-6-3-4-7-8(5-6)9(12,13)11(15,16)18(17)10(7,14)20-2/h3-5H,1-2H3. The van der Waals surface area contributed by atoms with Crippen molar-refractivity contribution in [3.8, 4) is 5.75 Å². The highest BCUT2D eigenvalue weighted by Crippen LogP contribution is 2.57. The fourth-order valence-electron chi connectivity index (χ4n) is 1.94. The summed E-state index contributed by atoms with van der Waals surface area (Å²) < 4.78 is 90.6. The van der Waals surface area contributed by atoms with E-state index in [1.807, 2.05) is 0 Å². The minimum Gasteiger partial charge on any atom is -0.497 e. The number of hydrogen-bond acceptors (Lipinski definition) is 3. The van der Waals surface area contributed by atoms with Gasteiger partial charge in [-0.2, -0.15) is 22.0 Å². The van der Waals surface area contributed by atoms with Crippen molar-refractivity contribution in [2.24, 2.45) is 0 Å². The van der Waals surface area contributed by atoms with Gasteiger partial charge in [-0.05, 0) is 23.3 Å². The first-order valence-corrected chi connectivity index (χ1v) is 5.27. The second-order valence-corrected chi connectivity index (χ2v) is 4.07. The van der Waals surface area contributed by atoms with Crippen LogP contribution in [0.2, 0.25) is 0 Å². The number of halogens is 6. The van der Waals surface area contributed by atoms with E-state index >= 15 is 0 Å². The second kappa shape index (κ2) is 4.26. The molecule has 3 nitrogen and oxygen atoms in total. The summed E-state index contributed by atoms with van der Waals surface area (Å²) in [5.41, 5.74) is -2.46. The summed E-state index contributed by atoms with van der Waals surface area (Å²) in [7, 11) is 1.70. The van der Waals surface area contributed by atoms with Crippen LogP contribution < -0.4 is 4.74 Å². The first-order valence-electron chi connectivity index (χ1n) is 5.27. The monoisotopic (exact) mass is 301 g/mol. The zero-order valence-corrected chi connectivity index (χ0v) is 10.3. The maximum absolute atomic E-state index is 14.2. The molecule has 1 unspecified atom stereocenters. The van der Waals surface area contributed by atoms with Gasteiger partial charge in [-0.1, -0.05) is 0 Å². The van der Waals surface area contributed by atoms with Crippen LogP contribution in [0.4, 0.5) is 26.4 Å². The molecule has 0 bridgehead atoms. The molecule has 2 rings (SSSR count). The molecule has 0 saturated heterocycles. The summed E-state index contributed by atoms with van der Waals surface area (Å²) in [5, 5.41) is -1.92. The average Bonchev–Trinajstić information content (AvgIpc) is 2.43. The largest absolute Gasteiger partial charge is 0.497 e. The van der Waals surface area contributed by atoms with E-state index < -0.39 is 34.2 Å². The fourth-order valence-corrected chi connectivity index (χ4v) is 1.94. The number of benzene rings is 1. The van der Waals surface area contributed by atoms with Crippen molar-refractivity contribution in [3.63, 3.8) is 0 Å². The van der Waals surface area contributed by atoms with Crippen LogP contribution in [0.25, 0.3) is 0 Å². The third-order valence-corrected chi connectivity index (χ3v) is 3.04. The van der Waals surface area contributed by atoms with Crippen molar-refractivity contribution in [1.82, 2.24) is 5.12 Å². The van der Waals surface area contributed by atoms with Gasteiger partial charge in [0.1, 0.15) is 5.75 Å². The van der Waals surface area contributed by atoms with Gasteiger partial charge in [-0.25, -0.2) is 0 Å². The van der Waals surface area contributed by atoms with E-state index in [9.17, 15) is 26.4 Å². The van der Waals surface area contributed by atoms with Crippen LogP contribution in [-0.2, 0) is 16.6 Å². The number of alkyl halides is 5. The Labute approximate surface area is 109 Å². The molecule has 0 N–H and O–H groups in total. The van der Waals surface area contributed by atoms with Gasteiger partial charge in [0.2, 0.25) is 0 Å². The summed E-state index contributed by atoms with van der Waals surface area (Å²) in [6, 6.07) is -3.17. The van der Waals surface area contributed by atoms with Gasteiger partial charge in [-0.15, -0.1) is 4.48 Å². The van der Waals surface area contributed by atoms with E-state index in [0.717, 1.165) is 13.2 Å². The number of fused-ring (bicyclic) bond motifs is 1. The van der Waals surface area contributed by atoms with Crippen molar-refractivity contribution in [1.29, 1.82) is 0 Å². The average molecular weight is 301 g/mol. The Morgan fingerprint density at radius 1 is 1.00 bits per heavy atom. The maximum atomic E-state index is 14.2. The minimum atomic E-state index is -5.42. The smallest absolute Gasteiger partial charge is 0.402 e.